The zero-order valence-electron chi connectivity index (χ0n) is 13.4. The van der Waals surface area contributed by atoms with Crippen LogP contribution in [0.5, 0.6) is 0 Å². The predicted molar refractivity (Wildman–Crippen MR) is 85.2 cm³/mol. The van der Waals surface area contributed by atoms with Crippen molar-refractivity contribution in [1.82, 2.24) is 4.98 Å². The highest BCUT2D eigenvalue weighted by molar-refractivity contribution is 5.49. The van der Waals surface area contributed by atoms with E-state index in [0.717, 1.165) is 17.4 Å². The molecule has 110 valence electrons. The number of nitrogens with zero attached hydrogens (tertiary/aromatic N) is 2. The maximum absolute atomic E-state index is 4.52. The molecule has 0 spiro atoms. The van der Waals surface area contributed by atoms with Gasteiger partial charge in [-0.15, -0.1) is 0 Å². The van der Waals surface area contributed by atoms with Gasteiger partial charge in [-0.3, -0.25) is 0 Å². The lowest BCUT2D eigenvalue weighted by atomic mass is 9.68. The van der Waals surface area contributed by atoms with E-state index in [-0.39, 0.29) is 0 Å². The number of anilines is 2. The molecular weight excluding hydrogens is 246 g/mol. The second-order valence-electron chi connectivity index (χ2n) is 7.79. The highest BCUT2D eigenvalue weighted by Gasteiger charge is 2.59. The predicted octanol–water partition coefficient (Wildman–Crippen LogP) is 3.77. The molecule has 3 nitrogen and oxygen atoms in total. The van der Waals surface area contributed by atoms with Crippen molar-refractivity contribution in [3.05, 3.63) is 18.3 Å². The van der Waals surface area contributed by atoms with Crippen molar-refractivity contribution in [2.75, 3.05) is 24.3 Å². The van der Waals surface area contributed by atoms with E-state index in [1.54, 1.807) is 0 Å². The maximum Gasteiger partial charge on any atom is 0.128 e. The fraction of sp³-hybridized carbons (Fsp3) is 0.706. The number of rotatable bonds is 3. The van der Waals surface area contributed by atoms with Crippen molar-refractivity contribution in [3.63, 3.8) is 0 Å². The van der Waals surface area contributed by atoms with Crippen molar-refractivity contribution in [3.8, 4) is 0 Å². The molecular formula is C17H27N3. The summed E-state index contributed by atoms with van der Waals surface area (Å²) in [6.07, 6.45) is 6.11. The van der Waals surface area contributed by atoms with E-state index in [2.05, 4.69) is 43.2 Å². The van der Waals surface area contributed by atoms with E-state index in [9.17, 15) is 0 Å². The van der Waals surface area contributed by atoms with E-state index in [1.807, 2.05) is 25.2 Å². The van der Waals surface area contributed by atoms with Crippen LogP contribution < -0.4 is 10.2 Å². The average Bonchev–Trinajstić information content (AvgIpc) is 2.86. The first-order valence-corrected chi connectivity index (χ1v) is 7.73. The van der Waals surface area contributed by atoms with Gasteiger partial charge >= 0.3 is 0 Å². The zero-order valence-corrected chi connectivity index (χ0v) is 13.4. The van der Waals surface area contributed by atoms with Crippen LogP contribution in [0, 0.1) is 16.7 Å². The van der Waals surface area contributed by atoms with Gasteiger partial charge in [0.25, 0.3) is 0 Å². The molecule has 0 radical (unpaired) electrons. The summed E-state index contributed by atoms with van der Waals surface area (Å²) in [5.74, 6) is 1.88. The van der Waals surface area contributed by atoms with E-state index in [1.165, 1.54) is 19.3 Å². The summed E-state index contributed by atoms with van der Waals surface area (Å²) in [6, 6.07) is 4.80. The van der Waals surface area contributed by atoms with Gasteiger partial charge in [-0.2, -0.15) is 0 Å². The summed E-state index contributed by atoms with van der Waals surface area (Å²) in [5.41, 5.74) is 1.99. The van der Waals surface area contributed by atoms with Crippen molar-refractivity contribution in [2.45, 2.75) is 46.1 Å². The van der Waals surface area contributed by atoms with Crippen LogP contribution in [0.1, 0.15) is 40.0 Å². The van der Waals surface area contributed by atoms with Crippen LogP contribution in [0.4, 0.5) is 11.5 Å². The lowest BCUT2D eigenvalue weighted by Gasteiger charge is -2.43. The van der Waals surface area contributed by atoms with Crippen molar-refractivity contribution in [1.29, 1.82) is 0 Å². The first kappa shape index (κ1) is 13.7. The summed E-state index contributed by atoms with van der Waals surface area (Å²) in [6.45, 7) is 7.32. The van der Waals surface area contributed by atoms with Gasteiger partial charge in [-0.1, -0.05) is 20.8 Å². The molecule has 0 aromatic carbocycles. The van der Waals surface area contributed by atoms with Gasteiger partial charge in [-0.25, -0.2) is 4.98 Å². The smallest absolute Gasteiger partial charge is 0.128 e. The van der Waals surface area contributed by atoms with Gasteiger partial charge in [0.2, 0.25) is 0 Å². The molecule has 1 aromatic rings. The third-order valence-corrected chi connectivity index (χ3v) is 5.79. The van der Waals surface area contributed by atoms with Crippen molar-refractivity contribution < 1.29 is 0 Å². The standard InChI is InChI=1S/C17H27N3/c1-16(2)12-8-9-17(3,10-12)15(16)19-13-6-7-14(18-11-13)20(4)5/h6-7,11-12,15,19H,8-10H2,1-5H3. The summed E-state index contributed by atoms with van der Waals surface area (Å²) in [5, 5.41) is 3.79. The Balaban J connectivity index is 1.80. The van der Waals surface area contributed by atoms with Gasteiger partial charge in [0.05, 0.1) is 11.9 Å². The Labute approximate surface area is 122 Å². The van der Waals surface area contributed by atoms with E-state index in [4.69, 9.17) is 0 Å². The van der Waals surface area contributed by atoms with Crippen LogP contribution >= 0.6 is 0 Å². The van der Waals surface area contributed by atoms with Crippen molar-refractivity contribution >= 4 is 11.5 Å². The largest absolute Gasteiger partial charge is 0.380 e. The quantitative estimate of drug-likeness (QED) is 0.908. The minimum Gasteiger partial charge on any atom is -0.380 e. The molecule has 1 aromatic heterocycles. The summed E-state index contributed by atoms with van der Waals surface area (Å²) in [4.78, 5) is 6.55. The molecule has 3 rings (SSSR count). The molecule has 3 unspecified atom stereocenters. The Bertz CT molecular complexity index is 487. The topological polar surface area (TPSA) is 28.2 Å². The van der Waals surface area contributed by atoms with E-state index in [0.29, 0.717) is 16.9 Å². The SMILES string of the molecule is CN(C)c1ccc(NC2C3(C)CCC(C3)C2(C)C)cn1. The third-order valence-electron chi connectivity index (χ3n) is 5.79. The molecule has 2 saturated carbocycles. The van der Waals surface area contributed by atoms with Crippen LogP contribution in [0.2, 0.25) is 0 Å². The average molecular weight is 273 g/mol. The van der Waals surface area contributed by atoms with Gasteiger partial charge < -0.3 is 10.2 Å². The summed E-state index contributed by atoms with van der Waals surface area (Å²) in [7, 11) is 4.05. The van der Waals surface area contributed by atoms with Crippen LogP contribution in [0.3, 0.4) is 0 Å². The van der Waals surface area contributed by atoms with Crippen LogP contribution in [0.15, 0.2) is 18.3 Å². The number of hydrogen-bond acceptors (Lipinski definition) is 3. The minimum atomic E-state index is 0.382. The number of nitrogens with one attached hydrogen (secondary N) is 1. The number of fused-ring (bicyclic) bond motifs is 2. The van der Waals surface area contributed by atoms with Gasteiger partial charge in [-0.05, 0) is 48.1 Å². The minimum absolute atomic E-state index is 0.382. The second kappa shape index (κ2) is 4.37. The zero-order chi connectivity index (χ0) is 14.5. The molecule has 3 atom stereocenters. The highest BCUT2D eigenvalue weighted by Crippen LogP contribution is 2.63. The molecule has 1 N–H and O–H groups in total. The van der Waals surface area contributed by atoms with Gasteiger partial charge in [0.15, 0.2) is 0 Å². The van der Waals surface area contributed by atoms with E-state index < -0.39 is 0 Å². The molecule has 3 heteroatoms. The number of hydrogen-bond donors (Lipinski definition) is 1. The molecule has 0 amide bonds. The fourth-order valence-corrected chi connectivity index (χ4v) is 4.56. The van der Waals surface area contributed by atoms with Crippen molar-refractivity contribution in [2.24, 2.45) is 16.7 Å². The summed E-state index contributed by atoms with van der Waals surface area (Å²) >= 11 is 0. The molecule has 2 aliphatic carbocycles. The second-order valence-corrected chi connectivity index (χ2v) is 7.79. The number of pyridine rings is 1. The van der Waals surface area contributed by atoms with Crippen LogP contribution in [-0.4, -0.2) is 25.1 Å². The Morgan fingerprint density at radius 2 is 2.00 bits per heavy atom. The first-order valence-electron chi connectivity index (χ1n) is 7.73. The van der Waals surface area contributed by atoms with Gasteiger partial charge in [0, 0.05) is 20.1 Å². The maximum atomic E-state index is 4.52. The summed E-state index contributed by atoms with van der Waals surface area (Å²) < 4.78 is 0. The Morgan fingerprint density at radius 1 is 1.25 bits per heavy atom. The van der Waals surface area contributed by atoms with Crippen LogP contribution in [0.25, 0.3) is 0 Å². The lowest BCUT2D eigenvalue weighted by molar-refractivity contribution is 0.155. The lowest BCUT2D eigenvalue weighted by Crippen LogP contribution is -2.45. The first-order chi connectivity index (χ1) is 9.33. The molecule has 2 fully saturated rings. The van der Waals surface area contributed by atoms with Gasteiger partial charge in [0.1, 0.15) is 5.82 Å². The molecule has 0 aliphatic heterocycles. The van der Waals surface area contributed by atoms with Crippen LogP contribution in [-0.2, 0) is 0 Å². The molecule has 1 heterocycles. The third kappa shape index (κ3) is 1.99. The molecule has 2 aliphatic rings. The Kier molecular flexibility index (Phi) is 3.00. The highest BCUT2D eigenvalue weighted by atomic mass is 15.1. The monoisotopic (exact) mass is 273 g/mol. The normalized spacial score (nSPS) is 34.2. The Morgan fingerprint density at radius 3 is 2.50 bits per heavy atom. The van der Waals surface area contributed by atoms with E-state index >= 15 is 0 Å². The molecule has 0 saturated heterocycles. The molecule has 2 bridgehead atoms. The molecule has 20 heavy (non-hydrogen) atoms. The fourth-order valence-electron chi connectivity index (χ4n) is 4.56. The Hall–Kier alpha value is -1.25. The number of aromatic nitrogens is 1.